The van der Waals surface area contributed by atoms with Gasteiger partial charge in [-0.05, 0) is 24.5 Å². The molecule has 1 aromatic carbocycles. The lowest BCUT2D eigenvalue weighted by atomic mass is 10.3. The summed E-state index contributed by atoms with van der Waals surface area (Å²) in [5.74, 6) is 1.39. The zero-order valence-corrected chi connectivity index (χ0v) is 10.4. The number of fused-ring (bicyclic) bond motifs is 1. The van der Waals surface area contributed by atoms with Gasteiger partial charge in [0.2, 0.25) is 0 Å². The van der Waals surface area contributed by atoms with Crippen LogP contribution in [0.25, 0.3) is 11.1 Å². The number of anilines is 1. The van der Waals surface area contributed by atoms with Crippen molar-refractivity contribution in [2.75, 3.05) is 23.5 Å². The van der Waals surface area contributed by atoms with E-state index in [0.717, 1.165) is 5.75 Å². The first-order chi connectivity index (χ1) is 7.70. The fourth-order valence-electron chi connectivity index (χ4n) is 1.27. The zero-order chi connectivity index (χ0) is 11.5. The van der Waals surface area contributed by atoms with Crippen molar-refractivity contribution in [1.82, 2.24) is 4.98 Å². The molecular formula is C10H12N2O2S2. The Hall–Kier alpha value is -1.01. The van der Waals surface area contributed by atoms with Gasteiger partial charge in [-0.1, -0.05) is 0 Å². The lowest BCUT2D eigenvalue weighted by Gasteiger charge is -1.93. The maximum absolute atomic E-state index is 11.8. The molecule has 0 aliphatic heterocycles. The molecule has 0 fully saturated rings. The smallest absolute Gasteiger partial charge is 0.287 e. The maximum atomic E-state index is 11.8. The van der Waals surface area contributed by atoms with Gasteiger partial charge in [-0.2, -0.15) is 11.8 Å². The molecule has 2 rings (SSSR count). The Morgan fingerprint density at radius 2 is 2.38 bits per heavy atom. The molecule has 1 atom stereocenters. The Kier molecular flexibility index (Phi) is 3.50. The van der Waals surface area contributed by atoms with Crippen LogP contribution >= 0.6 is 11.8 Å². The van der Waals surface area contributed by atoms with Crippen molar-refractivity contribution in [2.24, 2.45) is 0 Å². The SMILES string of the molecule is CSCCS(=O)c1nc2cc(N)ccc2o1. The summed E-state index contributed by atoms with van der Waals surface area (Å²) in [7, 11) is -1.16. The highest BCUT2D eigenvalue weighted by molar-refractivity contribution is 7.99. The molecule has 2 aromatic rings. The van der Waals surface area contributed by atoms with Gasteiger partial charge in [0.15, 0.2) is 5.58 Å². The van der Waals surface area contributed by atoms with E-state index < -0.39 is 10.8 Å². The summed E-state index contributed by atoms with van der Waals surface area (Å²) >= 11 is 1.65. The Balaban J connectivity index is 2.28. The molecule has 2 N–H and O–H groups in total. The molecule has 0 amide bonds. The number of oxazole rings is 1. The maximum Gasteiger partial charge on any atom is 0.287 e. The van der Waals surface area contributed by atoms with Crippen molar-refractivity contribution in [3.63, 3.8) is 0 Å². The fraction of sp³-hybridized carbons (Fsp3) is 0.300. The summed E-state index contributed by atoms with van der Waals surface area (Å²) in [5.41, 5.74) is 7.54. The Morgan fingerprint density at radius 3 is 3.12 bits per heavy atom. The van der Waals surface area contributed by atoms with E-state index in [0.29, 0.717) is 22.5 Å². The van der Waals surface area contributed by atoms with Gasteiger partial charge in [0.05, 0.1) is 0 Å². The summed E-state index contributed by atoms with van der Waals surface area (Å²) < 4.78 is 17.2. The van der Waals surface area contributed by atoms with Gasteiger partial charge < -0.3 is 10.2 Å². The van der Waals surface area contributed by atoms with E-state index >= 15 is 0 Å². The summed E-state index contributed by atoms with van der Waals surface area (Å²) in [6.07, 6.45) is 1.98. The van der Waals surface area contributed by atoms with Gasteiger partial charge in [0.25, 0.3) is 5.22 Å². The van der Waals surface area contributed by atoms with Crippen molar-refractivity contribution in [3.8, 4) is 0 Å². The quantitative estimate of drug-likeness (QED) is 0.846. The number of nitrogens with two attached hydrogens (primary N) is 1. The van der Waals surface area contributed by atoms with Crippen LogP contribution in [-0.4, -0.2) is 27.0 Å². The number of aromatic nitrogens is 1. The van der Waals surface area contributed by atoms with Crippen LogP contribution in [-0.2, 0) is 10.8 Å². The minimum atomic E-state index is -1.16. The topological polar surface area (TPSA) is 69.1 Å². The van der Waals surface area contributed by atoms with Gasteiger partial charge in [0.1, 0.15) is 16.3 Å². The first-order valence-corrected chi connectivity index (χ1v) is 7.45. The van der Waals surface area contributed by atoms with Crippen LogP contribution in [0.1, 0.15) is 0 Å². The van der Waals surface area contributed by atoms with E-state index in [-0.39, 0.29) is 5.22 Å². The van der Waals surface area contributed by atoms with Gasteiger partial charge in [-0.3, -0.25) is 0 Å². The molecule has 16 heavy (non-hydrogen) atoms. The molecule has 1 unspecified atom stereocenters. The van der Waals surface area contributed by atoms with Gasteiger partial charge in [-0.15, -0.1) is 0 Å². The van der Waals surface area contributed by atoms with Crippen molar-refractivity contribution in [2.45, 2.75) is 5.22 Å². The molecule has 1 heterocycles. The van der Waals surface area contributed by atoms with E-state index in [1.54, 1.807) is 30.0 Å². The molecular weight excluding hydrogens is 244 g/mol. The third-order valence-electron chi connectivity index (χ3n) is 2.06. The summed E-state index contributed by atoms with van der Waals surface area (Å²) in [6, 6.07) is 5.20. The highest BCUT2D eigenvalue weighted by Crippen LogP contribution is 2.20. The van der Waals surface area contributed by atoms with Crippen LogP contribution in [0.5, 0.6) is 0 Å². The minimum absolute atomic E-state index is 0.287. The summed E-state index contributed by atoms with van der Waals surface area (Å²) in [6.45, 7) is 0. The third-order valence-corrected chi connectivity index (χ3v) is 4.07. The Bertz CT molecular complexity index is 525. The number of thioether (sulfide) groups is 1. The van der Waals surface area contributed by atoms with Gasteiger partial charge >= 0.3 is 0 Å². The lowest BCUT2D eigenvalue weighted by Crippen LogP contribution is -2.00. The van der Waals surface area contributed by atoms with Crippen LogP contribution in [0, 0.1) is 0 Å². The summed E-state index contributed by atoms with van der Waals surface area (Å²) in [5, 5.41) is 0.287. The fourth-order valence-corrected chi connectivity index (χ4v) is 3.10. The van der Waals surface area contributed by atoms with Crippen molar-refractivity contribution < 1.29 is 8.63 Å². The van der Waals surface area contributed by atoms with E-state index in [4.69, 9.17) is 10.2 Å². The lowest BCUT2D eigenvalue weighted by molar-refractivity contribution is 0.478. The molecule has 0 radical (unpaired) electrons. The molecule has 1 aromatic heterocycles. The first-order valence-electron chi connectivity index (χ1n) is 4.74. The number of benzene rings is 1. The van der Waals surface area contributed by atoms with Crippen molar-refractivity contribution >= 4 is 39.3 Å². The van der Waals surface area contributed by atoms with Crippen molar-refractivity contribution in [3.05, 3.63) is 18.2 Å². The molecule has 0 bridgehead atoms. The highest BCUT2D eigenvalue weighted by atomic mass is 32.2. The normalized spacial score (nSPS) is 13.1. The molecule has 0 aliphatic carbocycles. The number of hydrogen-bond donors (Lipinski definition) is 1. The van der Waals surface area contributed by atoms with E-state index in [9.17, 15) is 4.21 Å². The molecule has 0 spiro atoms. The molecule has 6 heteroatoms. The number of hydrogen-bond acceptors (Lipinski definition) is 5. The molecule has 0 aliphatic rings. The molecule has 0 saturated carbocycles. The second-order valence-corrected chi connectivity index (χ2v) is 5.68. The number of rotatable bonds is 4. The number of nitrogen functional groups attached to an aromatic ring is 1. The average molecular weight is 256 g/mol. The van der Waals surface area contributed by atoms with E-state index in [1.165, 1.54) is 0 Å². The van der Waals surface area contributed by atoms with Crippen LogP contribution in [0.3, 0.4) is 0 Å². The monoisotopic (exact) mass is 256 g/mol. The second-order valence-electron chi connectivity index (χ2n) is 3.25. The predicted molar refractivity (Wildman–Crippen MR) is 68.1 cm³/mol. The van der Waals surface area contributed by atoms with E-state index in [1.807, 2.05) is 6.26 Å². The highest BCUT2D eigenvalue weighted by Gasteiger charge is 2.12. The first kappa shape index (κ1) is 11.5. The minimum Gasteiger partial charge on any atom is -0.430 e. The standard InChI is InChI=1S/C10H12N2O2S2/c1-15-4-5-16(13)10-12-8-6-7(11)2-3-9(8)14-10/h2-3,6H,4-5,11H2,1H3. The Morgan fingerprint density at radius 1 is 1.56 bits per heavy atom. The van der Waals surface area contributed by atoms with Crippen LogP contribution in [0.15, 0.2) is 27.8 Å². The summed E-state index contributed by atoms with van der Waals surface area (Å²) in [4.78, 5) is 4.17. The largest absolute Gasteiger partial charge is 0.430 e. The van der Waals surface area contributed by atoms with Crippen LogP contribution in [0.2, 0.25) is 0 Å². The van der Waals surface area contributed by atoms with Gasteiger partial charge in [0, 0.05) is 17.2 Å². The predicted octanol–water partition coefficient (Wildman–Crippen LogP) is 1.88. The molecule has 4 nitrogen and oxygen atoms in total. The van der Waals surface area contributed by atoms with Crippen LogP contribution < -0.4 is 5.73 Å². The Labute approximate surface area is 100 Å². The third kappa shape index (κ3) is 2.38. The van der Waals surface area contributed by atoms with Gasteiger partial charge in [-0.25, -0.2) is 9.19 Å². The average Bonchev–Trinajstić information content (AvgIpc) is 2.68. The van der Waals surface area contributed by atoms with Crippen LogP contribution in [0.4, 0.5) is 5.69 Å². The zero-order valence-electron chi connectivity index (χ0n) is 8.80. The second kappa shape index (κ2) is 4.88. The molecule has 86 valence electrons. The van der Waals surface area contributed by atoms with Crippen molar-refractivity contribution in [1.29, 1.82) is 0 Å². The van der Waals surface area contributed by atoms with E-state index in [2.05, 4.69) is 4.98 Å². The number of nitrogens with zero attached hydrogens (tertiary/aromatic N) is 1. The molecule has 0 saturated heterocycles.